The molecule has 1 aromatic heterocycles. The third-order valence-corrected chi connectivity index (χ3v) is 6.29. The third kappa shape index (κ3) is 3.70. The van der Waals surface area contributed by atoms with E-state index in [0.29, 0.717) is 5.56 Å². The van der Waals surface area contributed by atoms with Gasteiger partial charge in [0.25, 0.3) is 5.91 Å². The van der Waals surface area contributed by atoms with E-state index in [4.69, 9.17) is 0 Å². The van der Waals surface area contributed by atoms with Crippen molar-refractivity contribution in [2.24, 2.45) is 0 Å². The third-order valence-electron chi connectivity index (χ3n) is 6.29. The molecule has 2 fully saturated rings. The van der Waals surface area contributed by atoms with Crippen LogP contribution in [0, 0.1) is 0 Å². The number of nitrogens with one attached hydrogen (secondary N) is 1. The van der Waals surface area contributed by atoms with Crippen LogP contribution in [0.5, 0.6) is 0 Å². The van der Waals surface area contributed by atoms with E-state index in [1.54, 1.807) is 6.20 Å². The van der Waals surface area contributed by atoms with E-state index >= 15 is 0 Å². The van der Waals surface area contributed by atoms with E-state index in [1.165, 1.54) is 24.9 Å². The monoisotopic (exact) mass is 386 g/mol. The molecule has 1 N–H and O–H groups in total. The second-order valence-electron chi connectivity index (χ2n) is 7.98. The highest BCUT2D eigenvalue weighted by Crippen LogP contribution is 2.27. The van der Waals surface area contributed by atoms with Crippen LogP contribution in [0.4, 0.5) is 11.4 Å². The Bertz CT molecular complexity index is 1000. The van der Waals surface area contributed by atoms with Gasteiger partial charge in [0, 0.05) is 55.1 Å². The molecule has 0 bridgehead atoms. The van der Waals surface area contributed by atoms with Crippen molar-refractivity contribution >= 4 is 28.2 Å². The zero-order valence-electron chi connectivity index (χ0n) is 16.6. The van der Waals surface area contributed by atoms with Crippen molar-refractivity contribution in [2.45, 2.75) is 25.3 Å². The molecule has 1 saturated carbocycles. The minimum absolute atomic E-state index is 0.0947. The Hall–Kier alpha value is -2.92. The summed E-state index contributed by atoms with van der Waals surface area (Å²) in [6, 6.07) is 18.4. The second-order valence-corrected chi connectivity index (χ2v) is 7.98. The number of piperazine rings is 1. The van der Waals surface area contributed by atoms with E-state index in [2.05, 4.69) is 32.2 Å². The lowest BCUT2D eigenvalue weighted by molar-refractivity contribution is 0.102. The van der Waals surface area contributed by atoms with Gasteiger partial charge in [-0.1, -0.05) is 12.5 Å². The number of amides is 1. The molecule has 1 aliphatic heterocycles. The van der Waals surface area contributed by atoms with Gasteiger partial charge in [0.05, 0.1) is 11.2 Å². The maximum atomic E-state index is 12.8. The molecule has 1 aliphatic carbocycles. The molecule has 0 atom stereocenters. The zero-order chi connectivity index (χ0) is 19.6. The van der Waals surface area contributed by atoms with Crippen LogP contribution in [0.1, 0.15) is 29.6 Å². The number of nitrogens with zero attached hydrogens (tertiary/aromatic N) is 3. The van der Waals surface area contributed by atoms with Gasteiger partial charge in [-0.3, -0.25) is 14.7 Å². The van der Waals surface area contributed by atoms with Crippen molar-refractivity contribution in [1.82, 2.24) is 9.88 Å². The average molecular weight is 386 g/mol. The van der Waals surface area contributed by atoms with Crippen molar-refractivity contribution in [3.05, 3.63) is 66.4 Å². The Labute approximate surface area is 171 Å². The summed E-state index contributed by atoms with van der Waals surface area (Å²) in [5, 5.41) is 3.98. The van der Waals surface area contributed by atoms with Crippen LogP contribution in [-0.2, 0) is 0 Å². The molecule has 0 unspecified atom stereocenters. The van der Waals surface area contributed by atoms with Crippen LogP contribution in [0.3, 0.4) is 0 Å². The van der Waals surface area contributed by atoms with Crippen molar-refractivity contribution in [2.75, 3.05) is 36.4 Å². The van der Waals surface area contributed by atoms with E-state index < -0.39 is 0 Å². The molecule has 148 valence electrons. The fourth-order valence-corrected chi connectivity index (χ4v) is 4.33. The Morgan fingerprint density at radius 1 is 0.931 bits per heavy atom. The number of carbonyl (C=O) groups is 1. The van der Waals surface area contributed by atoms with Crippen molar-refractivity contribution < 1.29 is 4.79 Å². The zero-order valence-corrected chi connectivity index (χ0v) is 16.6. The fourth-order valence-electron chi connectivity index (χ4n) is 4.33. The van der Waals surface area contributed by atoms with Crippen LogP contribution in [0.2, 0.25) is 0 Å². The summed E-state index contributed by atoms with van der Waals surface area (Å²) in [4.78, 5) is 22.2. The topological polar surface area (TPSA) is 48.5 Å². The van der Waals surface area contributed by atoms with E-state index in [1.807, 2.05) is 42.5 Å². The molecule has 1 amide bonds. The smallest absolute Gasteiger partial charge is 0.255 e. The highest BCUT2D eigenvalue weighted by Gasteiger charge is 2.27. The summed E-state index contributed by atoms with van der Waals surface area (Å²) in [7, 11) is 0. The largest absolute Gasteiger partial charge is 0.369 e. The summed E-state index contributed by atoms with van der Waals surface area (Å²) in [5.74, 6) is -0.0947. The molecule has 5 rings (SSSR count). The predicted octanol–water partition coefficient (Wildman–Crippen LogP) is 4.16. The van der Waals surface area contributed by atoms with Gasteiger partial charge < -0.3 is 10.2 Å². The molecule has 29 heavy (non-hydrogen) atoms. The molecule has 0 radical (unpaired) electrons. The molecule has 2 aliphatic rings. The first-order chi connectivity index (χ1) is 14.3. The van der Waals surface area contributed by atoms with Crippen LogP contribution >= 0.6 is 0 Å². The Balaban J connectivity index is 1.24. The molecule has 0 spiro atoms. The number of benzene rings is 2. The van der Waals surface area contributed by atoms with Gasteiger partial charge in [-0.15, -0.1) is 0 Å². The van der Waals surface area contributed by atoms with Gasteiger partial charge >= 0.3 is 0 Å². The first-order valence-electron chi connectivity index (χ1n) is 10.5. The second kappa shape index (κ2) is 7.84. The minimum atomic E-state index is -0.0947. The number of carbonyl (C=O) groups excluding carboxylic acids is 1. The highest BCUT2D eigenvalue weighted by atomic mass is 16.1. The summed E-state index contributed by atoms with van der Waals surface area (Å²) in [6.45, 7) is 4.40. The Morgan fingerprint density at radius 3 is 2.45 bits per heavy atom. The number of pyridine rings is 1. The minimum Gasteiger partial charge on any atom is -0.369 e. The average Bonchev–Trinajstić information content (AvgIpc) is 2.73. The van der Waals surface area contributed by atoms with Gasteiger partial charge in [0.1, 0.15) is 0 Å². The number of anilines is 2. The first-order valence-corrected chi connectivity index (χ1v) is 10.5. The SMILES string of the molecule is O=C(Nc1cccc2ncccc12)c1ccc(N2CCN(C3CCC3)CC2)cc1. The van der Waals surface area contributed by atoms with Crippen LogP contribution < -0.4 is 10.2 Å². The van der Waals surface area contributed by atoms with Gasteiger partial charge in [0.15, 0.2) is 0 Å². The maximum Gasteiger partial charge on any atom is 0.255 e. The Morgan fingerprint density at radius 2 is 1.72 bits per heavy atom. The summed E-state index contributed by atoms with van der Waals surface area (Å²) in [6.07, 6.45) is 5.90. The lowest BCUT2D eigenvalue weighted by Crippen LogP contribution is -2.52. The van der Waals surface area contributed by atoms with Crippen molar-refractivity contribution in [3.63, 3.8) is 0 Å². The number of aromatic nitrogens is 1. The van der Waals surface area contributed by atoms with E-state index in [0.717, 1.165) is 48.8 Å². The molecule has 1 saturated heterocycles. The lowest BCUT2D eigenvalue weighted by Gasteiger charge is -2.43. The molecule has 5 nitrogen and oxygen atoms in total. The summed E-state index contributed by atoms with van der Waals surface area (Å²) in [5.41, 5.74) is 3.53. The molecule has 3 aromatic rings. The van der Waals surface area contributed by atoms with Gasteiger partial charge in [0.2, 0.25) is 0 Å². The molecule has 2 aromatic carbocycles. The predicted molar refractivity (Wildman–Crippen MR) is 118 cm³/mol. The van der Waals surface area contributed by atoms with Crippen LogP contribution in [-0.4, -0.2) is 48.0 Å². The molecule has 2 heterocycles. The lowest BCUT2D eigenvalue weighted by atomic mass is 9.91. The van der Waals surface area contributed by atoms with Crippen LogP contribution in [0.25, 0.3) is 10.9 Å². The van der Waals surface area contributed by atoms with Gasteiger partial charge in [-0.05, 0) is 61.4 Å². The highest BCUT2D eigenvalue weighted by molar-refractivity contribution is 6.08. The fraction of sp³-hybridized carbons (Fsp3) is 0.333. The number of fused-ring (bicyclic) bond motifs is 1. The van der Waals surface area contributed by atoms with Crippen molar-refractivity contribution in [1.29, 1.82) is 0 Å². The summed E-state index contributed by atoms with van der Waals surface area (Å²) >= 11 is 0. The maximum absolute atomic E-state index is 12.8. The van der Waals surface area contributed by atoms with Gasteiger partial charge in [-0.2, -0.15) is 0 Å². The summed E-state index contributed by atoms with van der Waals surface area (Å²) < 4.78 is 0. The molecule has 5 heteroatoms. The standard InChI is InChI=1S/C24H26N4O/c29-24(26-23-8-2-7-22-21(23)6-3-13-25-22)18-9-11-20(12-10-18)28-16-14-27(15-17-28)19-4-1-5-19/h2-3,6-13,19H,1,4-5,14-17H2,(H,26,29). The first kappa shape index (κ1) is 18.1. The van der Waals surface area contributed by atoms with Crippen LogP contribution in [0.15, 0.2) is 60.8 Å². The van der Waals surface area contributed by atoms with E-state index in [-0.39, 0.29) is 5.91 Å². The quantitative estimate of drug-likeness (QED) is 0.731. The Kier molecular flexibility index (Phi) is 4.90. The van der Waals surface area contributed by atoms with Crippen molar-refractivity contribution in [3.8, 4) is 0 Å². The number of hydrogen-bond acceptors (Lipinski definition) is 4. The number of hydrogen-bond donors (Lipinski definition) is 1. The normalized spacial score (nSPS) is 17.9. The van der Waals surface area contributed by atoms with Gasteiger partial charge in [-0.25, -0.2) is 0 Å². The number of rotatable bonds is 4. The van der Waals surface area contributed by atoms with E-state index in [9.17, 15) is 4.79 Å². The molecular weight excluding hydrogens is 360 g/mol. The molecular formula is C24H26N4O.